The molecule has 4 aromatic heterocycles. The average molecular weight is 842 g/mol. The number of nitrogens with one attached hydrogen (secondary N) is 3. The summed E-state index contributed by atoms with van der Waals surface area (Å²) in [6, 6.07) is 24.9. The summed E-state index contributed by atoms with van der Waals surface area (Å²) in [5.41, 5.74) is 6.67. The lowest BCUT2D eigenvalue weighted by atomic mass is 10.0. The Hall–Kier alpha value is -7.73. The van der Waals surface area contributed by atoms with E-state index in [0.29, 0.717) is 76.4 Å². The minimum Gasteiger partial charge on any atom is -0.391 e. The first-order valence-electron chi connectivity index (χ1n) is 20.8. The van der Waals surface area contributed by atoms with Crippen LogP contribution in [0.3, 0.4) is 0 Å². The van der Waals surface area contributed by atoms with Crippen molar-refractivity contribution in [3.05, 3.63) is 103 Å². The van der Waals surface area contributed by atoms with Crippen LogP contribution in [0.4, 0.5) is 52.0 Å². The molecule has 0 bridgehead atoms. The van der Waals surface area contributed by atoms with E-state index in [-0.39, 0.29) is 11.9 Å². The normalized spacial score (nSPS) is 14.6. The number of hydrogen-bond donors (Lipinski definition) is 4. The standard InChI is InChI=1S/C46H47N15O2/c1-30(62)61(43-13-9-36(27-52-43)54-45-50-16-14-38(56-45)31-6-10-40(33(22-31)24-47)60-20-15-37(63)29-60)41-28-53-46(55-35-8-12-42(51-26-35)49-17-21-58(2)3)57-44(41)32-7-11-39(34(23-32)25-48)59-18-4-5-19-59/h6-14,16,22-23,26-28,37,63H,4-5,15,17-21,29H2,1-3H3,(H,49,51)(H,50,54,56)(H,53,55,57)/t37-/m0/s1. The summed E-state index contributed by atoms with van der Waals surface area (Å²) in [6.07, 6.45) is 8.87. The van der Waals surface area contributed by atoms with Crippen LogP contribution in [0, 0.1) is 22.7 Å². The van der Waals surface area contributed by atoms with Gasteiger partial charge in [0.2, 0.25) is 17.8 Å². The maximum Gasteiger partial charge on any atom is 0.229 e. The smallest absolute Gasteiger partial charge is 0.229 e. The molecule has 0 radical (unpaired) electrons. The molecule has 318 valence electrons. The van der Waals surface area contributed by atoms with Crippen molar-refractivity contribution in [2.45, 2.75) is 32.3 Å². The molecule has 2 aliphatic heterocycles. The van der Waals surface area contributed by atoms with Crippen molar-refractivity contribution in [2.75, 3.05) is 84.0 Å². The molecule has 0 saturated carbocycles. The van der Waals surface area contributed by atoms with Gasteiger partial charge in [0.1, 0.15) is 29.5 Å². The molecule has 1 atom stereocenters. The fourth-order valence-corrected chi connectivity index (χ4v) is 7.70. The molecule has 0 spiro atoms. The van der Waals surface area contributed by atoms with Crippen LogP contribution in [-0.2, 0) is 4.79 Å². The number of benzene rings is 2. The van der Waals surface area contributed by atoms with Gasteiger partial charge in [-0.05, 0) is 88.0 Å². The van der Waals surface area contributed by atoms with Gasteiger partial charge < -0.3 is 35.8 Å². The average Bonchev–Trinajstić information content (AvgIpc) is 4.00. The number of nitriles is 2. The van der Waals surface area contributed by atoms with E-state index in [0.717, 1.165) is 61.8 Å². The Morgan fingerprint density at radius 3 is 2.11 bits per heavy atom. The highest BCUT2D eigenvalue weighted by atomic mass is 16.3. The van der Waals surface area contributed by atoms with Gasteiger partial charge >= 0.3 is 0 Å². The van der Waals surface area contributed by atoms with Crippen LogP contribution >= 0.6 is 0 Å². The Bertz CT molecular complexity index is 2670. The molecular weight excluding hydrogens is 795 g/mol. The number of nitrogens with zero attached hydrogens (tertiary/aromatic N) is 12. The highest BCUT2D eigenvalue weighted by molar-refractivity contribution is 6.01. The molecule has 6 heterocycles. The topological polar surface area (TPSA) is 211 Å². The van der Waals surface area contributed by atoms with E-state index in [4.69, 9.17) is 9.97 Å². The van der Waals surface area contributed by atoms with Gasteiger partial charge in [0, 0.05) is 63.5 Å². The Labute approximate surface area is 365 Å². The van der Waals surface area contributed by atoms with Gasteiger partial charge in [0.15, 0.2) is 0 Å². The first kappa shape index (κ1) is 42.0. The van der Waals surface area contributed by atoms with Gasteiger partial charge in [-0.25, -0.2) is 29.9 Å². The zero-order chi connectivity index (χ0) is 43.9. The monoisotopic (exact) mass is 841 g/mol. The van der Waals surface area contributed by atoms with Gasteiger partial charge in [-0.2, -0.15) is 10.5 Å². The lowest BCUT2D eigenvalue weighted by molar-refractivity contribution is -0.115. The Balaban J connectivity index is 1.06. The molecule has 2 aromatic carbocycles. The first-order chi connectivity index (χ1) is 30.6. The third-order valence-electron chi connectivity index (χ3n) is 10.9. The van der Waals surface area contributed by atoms with Crippen LogP contribution in [0.5, 0.6) is 0 Å². The summed E-state index contributed by atoms with van der Waals surface area (Å²) >= 11 is 0. The van der Waals surface area contributed by atoms with E-state index < -0.39 is 6.10 Å². The third kappa shape index (κ3) is 9.76. The van der Waals surface area contributed by atoms with Crippen molar-refractivity contribution in [3.63, 3.8) is 0 Å². The van der Waals surface area contributed by atoms with E-state index >= 15 is 0 Å². The van der Waals surface area contributed by atoms with Gasteiger partial charge in [0.25, 0.3) is 0 Å². The minimum atomic E-state index is -0.406. The zero-order valence-corrected chi connectivity index (χ0v) is 35.3. The van der Waals surface area contributed by atoms with E-state index in [2.05, 4.69) is 57.8 Å². The van der Waals surface area contributed by atoms with Crippen LogP contribution in [0.1, 0.15) is 37.3 Å². The SMILES string of the molecule is CC(=O)N(c1ccc(Nc2nccc(-c3ccc(N4CC[C@H](O)C4)c(C#N)c3)n2)cn1)c1cnc(Nc2ccc(NCCN(C)C)nc2)nc1-c1ccc(N2CCCC2)c(C#N)c1. The lowest BCUT2D eigenvalue weighted by Gasteiger charge is -2.24. The van der Waals surface area contributed by atoms with Crippen molar-refractivity contribution in [1.82, 2.24) is 34.8 Å². The summed E-state index contributed by atoms with van der Waals surface area (Å²) in [5.74, 6) is 1.31. The number of β-amino-alcohol motifs (C(OH)–C–C–N with tert-alkyl or cyclic N) is 1. The van der Waals surface area contributed by atoms with Crippen molar-refractivity contribution in [2.24, 2.45) is 0 Å². The molecule has 8 rings (SSSR count). The highest BCUT2D eigenvalue weighted by Gasteiger charge is 2.25. The van der Waals surface area contributed by atoms with Gasteiger partial charge in [-0.3, -0.25) is 9.69 Å². The fourth-order valence-electron chi connectivity index (χ4n) is 7.70. The molecule has 6 aromatic rings. The first-order valence-corrected chi connectivity index (χ1v) is 20.8. The molecule has 2 aliphatic rings. The quantitative estimate of drug-likeness (QED) is 0.0928. The molecule has 17 heteroatoms. The number of anilines is 9. The number of carbonyl (C=O) groups is 1. The molecule has 2 fully saturated rings. The van der Waals surface area contributed by atoms with Crippen molar-refractivity contribution < 1.29 is 9.90 Å². The molecular formula is C46H47N15O2. The summed E-state index contributed by atoms with van der Waals surface area (Å²) in [6.45, 7) is 6.00. The number of aliphatic hydroxyl groups is 1. The van der Waals surface area contributed by atoms with Crippen LogP contribution in [0.25, 0.3) is 22.5 Å². The van der Waals surface area contributed by atoms with Crippen LogP contribution in [0.15, 0.2) is 91.5 Å². The van der Waals surface area contributed by atoms with Gasteiger partial charge in [0.05, 0.1) is 70.0 Å². The molecule has 0 aliphatic carbocycles. The van der Waals surface area contributed by atoms with Crippen molar-refractivity contribution in [1.29, 1.82) is 10.5 Å². The van der Waals surface area contributed by atoms with E-state index in [1.54, 1.807) is 55.1 Å². The van der Waals surface area contributed by atoms with Crippen molar-refractivity contribution in [3.8, 4) is 34.7 Å². The third-order valence-corrected chi connectivity index (χ3v) is 10.9. The molecule has 63 heavy (non-hydrogen) atoms. The van der Waals surface area contributed by atoms with Crippen LogP contribution in [0.2, 0.25) is 0 Å². The highest BCUT2D eigenvalue weighted by Crippen LogP contribution is 2.37. The maximum atomic E-state index is 13.6. The fraction of sp³-hybridized carbons (Fsp3) is 0.283. The Morgan fingerprint density at radius 1 is 0.794 bits per heavy atom. The van der Waals surface area contributed by atoms with E-state index in [9.17, 15) is 20.4 Å². The van der Waals surface area contributed by atoms with Crippen LogP contribution in [-0.4, -0.2) is 105 Å². The zero-order valence-electron chi connectivity index (χ0n) is 35.3. The second-order valence-corrected chi connectivity index (χ2v) is 15.6. The number of rotatable bonds is 14. The van der Waals surface area contributed by atoms with E-state index in [1.165, 1.54) is 11.8 Å². The number of aliphatic hydroxyl groups excluding tert-OH is 1. The predicted octanol–water partition coefficient (Wildman–Crippen LogP) is 6.45. The number of amides is 1. The molecule has 17 nitrogen and oxygen atoms in total. The Morgan fingerprint density at radius 2 is 1.48 bits per heavy atom. The van der Waals surface area contributed by atoms with Gasteiger partial charge in [-0.15, -0.1) is 0 Å². The largest absolute Gasteiger partial charge is 0.391 e. The number of hydrogen-bond acceptors (Lipinski definition) is 16. The Kier molecular flexibility index (Phi) is 12.6. The lowest BCUT2D eigenvalue weighted by Crippen LogP contribution is -2.25. The van der Waals surface area contributed by atoms with E-state index in [1.807, 2.05) is 55.4 Å². The molecule has 2 saturated heterocycles. The minimum absolute atomic E-state index is 0.274. The number of aromatic nitrogens is 6. The summed E-state index contributed by atoms with van der Waals surface area (Å²) in [4.78, 5) is 49.2. The second kappa shape index (κ2) is 18.9. The maximum absolute atomic E-state index is 13.6. The molecule has 0 unspecified atom stereocenters. The number of pyridine rings is 2. The van der Waals surface area contributed by atoms with Crippen LogP contribution < -0.4 is 30.7 Å². The predicted molar refractivity (Wildman–Crippen MR) is 244 cm³/mol. The number of carbonyl (C=O) groups excluding carboxylic acids is 1. The second-order valence-electron chi connectivity index (χ2n) is 15.6. The summed E-state index contributed by atoms with van der Waals surface area (Å²) in [5, 5.41) is 40.0. The summed E-state index contributed by atoms with van der Waals surface area (Å²) in [7, 11) is 4.03. The number of likely N-dealkylation sites (N-methyl/N-ethyl adjacent to an activating group) is 1. The summed E-state index contributed by atoms with van der Waals surface area (Å²) < 4.78 is 0. The van der Waals surface area contributed by atoms with Crippen molar-refractivity contribution >= 4 is 57.9 Å². The van der Waals surface area contributed by atoms with Gasteiger partial charge in [-0.1, -0.05) is 12.1 Å². The molecule has 4 N–H and O–H groups in total. The molecule has 1 amide bonds.